The Morgan fingerprint density at radius 3 is 2.35 bits per heavy atom. The van der Waals surface area contributed by atoms with Crippen molar-refractivity contribution < 1.29 is 22.7 Å². The Bertz CT molecular complexity index is 1230. The molecule has 0 heterocycles. The third kappa shape index (κ3) is 7.44. The van der Waals surface area contributed by atoms with Crippen molar-refractivity contribution in [3.63, 3.8) is 0 Å². The van der Waals surface area contributed by atoms with Gasteiger partial charge in [-0.2, -0.15) is 16.5 Å². The van der Waals surface area contributed by atoms with Crippen LogP contribution in [-0.2, 0) is 26.0 Å². The van der Waals surface area contributed by atoms with Crippen molar-refractivity contribution >= 4 is 39.3 Å². The van der Waals surface area contributed by atoms with Gasteiger partial charge >= 0.3 is 5.97 Å². The molecule has 1 unspecified atom stereocenters. The second-order valence-electron chi connectivity index (χ2n) is 7.60. The van der Waals surface area contributed by atoms with E-state index in [1.807, 2.05) is 37.3 Å². The number of esters is 1. The van der Waals surface area contributed by atoms with E-state index >= 15 is 0 Å². The summed E-state index contributed by atoms with van der Waals surface area (Å²) in [4.78, 5) is 25.0. The van der Waals surface area contributed by atoms with E-state index in [1.165, 1.54) is 30.0 Å². The van der Waals surface area contributed by atoms with E-state index < -0.39 is 27.9 Å². The maximum Gasteiger partial charge on any atom is 0.321 e. The first-order valence-corrected chi connectivity index (χ1v) is 13.4. The van der Waals surface area contributed by atoms with Gasteiger partial charge in [-0.15, -0.1) is 0 Å². The number of anilines is 1. The van der Waals surface area contributed by atoms with Gasteiger partial charge in [0.2, 0.25) is 15.9 Å². The van der Waals surface area contributed by atoms with Gasteiger partial charge in [-0.1, -0.05) is 54.1 Å². The molecule has 9 heteroatoms. The summed E-state index contributed by atoms with van der Waals surface area (Å²) in [6, 6.07) is 20.9. The maximum atomic E-state index is 13.2. The van der Waals surface area contributed by atoms with E-state index in [-0.39, 0.29) is 22.8 Å². The molecule has 2 N–H and O–H groups in total. The van der Waals surface area contributed by atoms with E-state index in [2.05, 4.69) is 10.0 Å². The monoisotopic (exact) mass is 498 g/mol. The van der Waals surface area contributed by atoms with Crippen LogP contribution in [-0.4, -0.2) is 38.3 Å². The van der Waals surface area contributed by atoms with Crippen molar-refractivity contribution in [2.24, 2.45) is 0 Å². The van der Waals surface area contributed by atoms with Crippen LogP contribution in [0.2, 0.25) is 0 Å². The Labute approximate surface area is 204 Å². The molecule has 1 atom stereocenters. The molecule has 0 aliphatic carbocycles. The van der Waals surface area contributed by atoms with Crippen LogP contribution in [0.5, 0.6) is 5.75 Å². The predicted octanol–water partition coefficient (Wildman–Crippen LogP) is 3.79. The smallest absolute Gasteiger partial charge is 0.321 e. The topological polar surface area (TPSA) is 102 Å². The minimum absolute atomic E-state index is 0.0756. The highest BCUT2D eigenvalue weighted by atomic mass is 32.2. The number of hydrogen-bond acceptors (Lipinski definition) is 6. The number of amides is 1. The fourth-order valence-corrected chi connectivity index (χ4v) is 4.65. The Balaban J connectivity index is 1.81. The summed E-state index contributed by atoms with van der Waals surface area (Å²) in [5, 5.41) is 2.73. The molecule has 3 rings (SSSR count). The molecule has 0 aliphatic rings. The number of aryl methyl sites for hydroxylation is 1. The van der Waals surface area contributed by atoms with Gasteiger partial charge in [0.1, 0.15) is 11.8 Å². The molecule has 7 nitrogen and oxygen atoms in total. The summed E-state index contributed by atoms with van der Waals surface area (Å²) in [7, 11) is -3.95. The number of sulfonamides is 1. The summed E-state index contributed by atoms with van der Waals surface area (Å²) in [6.07, 6.45) is 1.95. The molecule has 3 aromatic carbocycles. The van der Waals surface area contributed by atoms with Crippen molar-refractivity contribution in [3.8, 4) is 5.75 Å². The number of thioether (sulfide) groups is 1. The highest BCUT2D eigenvalue weighted by Gasteiger charge is 2.26. The normalized spacial score (nSPS) is 12.1. The fourth-order valence-electron chi connectivity index (χ4n) is 3.16. The summed E-state index contributed by atoms with van der Waals surface area (Å²) >= 11 is 1.34. The van der Waals surface area contributed by atoms with Crippen molar-refractivity contribution in [2.45, 2.75) is 24.3 Å². The van der Waals surface area contributed by atoms with Crippen molar-refractivity contribution in [1.29, 1.82) is 0 Å². The van der Waals surface area contributed by atoms with Crippen LogP contribution in [0.4, 0.5) is 5.69 Å². The second-order valence-corrected chi connectivity index (χ2v) is 10.2. The van der Waals surface area contributed by atoms with E-state index in [1.54, 1.807) is 36.6 Å². The summed E-state index contributed by atoms with van der Waals surface area (Å²) in [5.74, 6) is -0.441. The molecule has 178 valence electrons. The van der Waals surface area contributed by atoms with Crippen LogP contribution in [0.1, 0.15) is 11.1 Å². The Morgan fingerprint density at radius 2 is 1.68 bits per heavy atom. The number of rotatable bonds is 10. The van der Waals surface area contributed by atoms with Gasteiger partial charge < -0.3 is 10.1 Å². The molecule has 0 saturated carbocycles. The van der Waals surface area contributed by atoms with Crippen LogP contribution in [0.3, 0.4) is 0 Å². The van der Waals surface area contributed by atoms with Gasteiger partial charge in [0, 0.05) is 11.8 Å². The number of hydrogen-bond donors (Lipinski definition) is 2. The molecule has 34 heavy (non-hydrogen) atoms. The largest absolute Gasteiger partial charge is 0.426 e. The van der Waals surface area contributed by atoms with Gasteiger partial charge in [0.15, 0.2) is 0 Å². The minimum Gasteiger partial charge on any atom is -0.426 e. The molecule has 0 spiro atoms. The van der Waals surface area contributed by atoms with Crippen LogP contribution in [0.25, 0.3) is 0 Å². The van der Waals surface area contributed by atoms with Gasteiger partial charge in [0.25, 0.3) is 0 Å². The second kappa shape index (κ2) is 11.8. The Hall–Kier alpha value is -3.14. The van der Waals surface area contributed by atoms with Crippen molar-refractivity contribution in [2.75, 3.05) is 17.3 Å². The molecular formula is C25H26N2O5S2. The number of carbonyl (C=O) groups excluding carboxylic acids is 2. The third-order valence-electron chi connectivity index (χ3n) is 4.82. The first-order valence-electron chi connectivity index (χ1n) is 10.5. The first-order chi connectivity index (χ1) is 16.3. The van der Waals surface area contributed by atoms with Gasteiger partial charge in [0.05, 0.1) is 10.6 Å². The lowest BCUT2D eigenvalue weighted by atomic mass is 10.1. The van der Waals surface area contributed by atoms with Crippen LogP contribution in [0, 0.1) is 6.92 Å². The fraction of sp³-hybridized carbons (Fsp3) is 0.200. The SMILES string of the molecule is CSCC(=O)Oc1cccc(NC(=O)C(Cc2ccccc2)NS(=O)(=O)c2ccc(C)cc2)c1. The molecule has 1 amide bonds. The summed E-state index contributed by atoms with van der Waals surface area (Å²) < 4.78 is 33.8. The molecule has 0 bridgehead atoms. The number of benzene rings is 3. The minimum atomic E-state index is -3.95. The molecule has 0 saturated heterocycles. The average molecular weight is 499 g/mol. The van der Waals surface area contributed by atoms with E-state index in [0.29, 0.717) is 5.69 Å². The quantitative estimate of drug-likeness (QED) is 0.326. The zero-order valence-corrected chi connectivity index (χ0v) is 20.5. The van der Waals surface area contributed by atoms with Gasteiger partial charge in [-0.05, 0) is 49.4 Å². The zero-order chi connectivity index (χ0) is 24.6. The lowest BCUT2D eigenvalue weighted by Crippen LogP contribution is -2.45. The van der Waals surface area contributed by atoms with Crippen LogP contribution in [0.15, 0.2) is 83.8 Å². The molecule has 0 radical (unpaired) electrons. The predicted molar refractivity (Wildman–Crippen MR) is 135 cm³/mol. The summed E-state index contributed by atoms with van der Waals surface area (Å²) in [6.45, 7) is 1.86. The van der Waals surface area contributed by atoms with Crippen LogP contribution < -0.4 is 14.8 Å². The van der Waals surface area contributed by atoms with Crippen molar-refractivity contribution in [3.05, 3.63) is 90.0 Å². The summed E-state index contributed by atoms with van der Waals surface area (Å²) in [5.41, 5.74) is 2.11. The molecule has 0 aliphatic heterocycles. The Kier molecular flexibility index (Phi) is 8.86. The number of ether oxygens (including phenoxy) is 1. The van der Waals surface area contributed by atoms with E-state index in [9.17, 15) is 18.0 Å². The average Bonchev–Trinajstić information content (AvgIpc) is 2.80. The lowest BCUT2D eigenvalue weighted by molar-refractivity contribution is -0.131. The van der Waals surface area contributed by atoms with Crippen molar-refractivity contribution in [1.82, 2.24) is 4.72 Å². The first kappa shape index (κ1) is 25.5. The van der Waals surface area contributed by atoms with E-state index in [0.717, 1.165) is 11.1 Å². The third-order valence-corrected chi connectivity index (χ3v) is 6.84. The Morgan fingerprint density at radius 1 is 0.971 bits per heavy atom. The maximum absolute atomic E-state index is 13.2. The molecule has 0 fully saturated rings. The van der Waals surface area contributed by atoms with Gasteiger partial charge in [-0.3, -0.25) is 9.59 Å². The number of nitrogens with one attached hydrogen (secondary N) is 2. The zero-order valence-electron chi connectivity index (χ0n) is 18.9. The van der Waals surface area contributed by atoms with Gasteiger partial charge in [-0.25, -0.2) is 8.42 Å². The molecule has 0 aromatic heterocycles. The lowest BCUT2D eigenvalue weighted by Gasteiger charge is -2.19. The van der Waals surface area contributed by atoms with E-state index in [4.69, 9.17) is 4.74 Å². The highest BCUT2D eigenvalue weighted by molar-refractivity contribution is 7.99. The molecule has 3 aromatic rings. The molecular weight excluding hydrogens is 472 g/mol. The standard InChI is InChI=1S/C25H26N2O5S2/c1-18-11-13-22(14-12-18)34(30,31)27-23(15-19-7-4-3-5-8-19)25(29)26-20-9-6-10-21(16-20)32-24(28)17-33-2/h3-14,16,23,27H,15,17H2,1-2H3,(H,26,29). The highest BCUT2D eigenvalue weighted by Crippen LogP contribution is 2.19. The number of carbonyl (C=O) groups is 2. The van der Waals surface area contributed by atoms with Crippen LogP contribution >= 0.6 is 11.8 Å².